The minimum absolute atomic E-state index is 0.145. The fourth-order valence-corrected chi connectivity index (χ4v) is 3.77. The lowest BCUT2D eigenvalue weighted by atomic mass is 10.2. The molecule has 1 N–H and O–H groups in total. The second-order valence-electron chi connectivity index (χ2n) is 5.87. The molecule has 0 spiro atoms. The lowest BCUT2D eigenvalue weighted by Crippen LogP contribution is -2.45. The summed E-state index contributed by atoms with van der Waals surface area (Å²) in [7, 11) is 0. The van der Waals surface area contributed by atoms with Gasteiger partial charge in [0, 0.05) is 48.8 Å². The van der Waals surface area contributed by atoms with Crippen molar-refractivity contribution in [2.45, 2.75) is 6.54 Å². The minimum atomic E-state index is -0.145. The molecule has 0 aliphatic carbocycles. The molecular weight excluding hydrogens is 356 g/mol. The van der Waals surface area contributed by atoms with Gasteiger partial charge in [0.05, 0.1) is 6.54 Å². The van der Waals surface area contributed by atoms with Gasteiger partial charge in [0.15, 0.2) is 0 Å². The third-order valence-corrected chi connectivity index (χ3v) is 5.16. The Morgan fingerprint density at radius 1 is 1.36 bits per heavy atom. The highest BCUT2D eigenvalue weighted by Crippen LogP contribution is 2.21. The molecule has 1 saturated heterocycles. The number of benzene rings is 1. The van der Waals surface area contributed by atoms with E-state index in [2.05, 4.69) is 32.7 Å². The van der Waals surface area contributed by atoms with Crippen molar-refractivity contribution in [3.8, 4) is 0 Å². The molecule has 5 nitrogen and oxygen atoms in total. The topological polar surface area (TPSA) is 48.5 Å². The van der Waals surface area contributed by atoms with Crippen molar-refractivity contribution in [2.75, 3.05) is 37.6 Å². The molecule has 25 heavy (non-hydrogen) atoms. The molecule has 1 aliphatic rings. The second kappa shape index (κ2) is 8.47. The number of hydrogen-bond acceptors (Lipinski definition) is 5. The van der Waals surface area contributed by atoms with Crippen LogP contribution in [0.15, 0.2) is 42.3 Å². The van der Waals surface area contributed by atoms with Gasteiger partial charge >= 0.3 is 0 Å². The van der Waals surface area contributed by atoms with Crippen LogP contribution in [0.1, 0.15) is 15.5 Å². The summed E-state index contributed by atoms with van der Waals surface area (Å²) in [5, 5.41) is 6.31. The predicted octanol–water partition coefficient (Wildman–Crippen LogP) is 3.03. The van der Waals surface area contributed by atoms with Crippen molar-refractivity contribution in [1.82, 2.24) is 15.2 Å². The number of carbonyl (C=O) groups excluding carboxylic acids is 1. The molecule has 0 bridgehead atoms. The summed E-state index contributed by atoms with van der Waals surface area (Å²) in [6.45, 7) is 8.67. The van der Waals surface area contributed by atoms with Crippen LogP contribution in [0.3, 0.4) is 0 Å². The van der Waals surface area contributed by atoms with E-state index in [9.17, 15) is 4.79 Å². The minimum Gasteiger partial charge on any atom is -0.369 e. The van der Waals surface area contributed by atoms with E-state index < -0.39 is 0 Å². The Kier molecular flexibility index (Phi) is 6.07. The predicted molar refractivity (Wildman–Crippen MR) is 104 cm³/mol. The molecule has 1 fully saturated rings. The SMILES string of the molecule is C=CCNC(=O)c1csc(CN2CCN(c3cccc(Cl)c3)CC2)n1. The normalized spacial score (nSPS) is 15.2. The van der Waals surface area contributed by atoms with Crippen molar-refractivity contribution >= 4 is 34.5 Å². The number of piperazine rings is 1. The first-order valence-electron chi connectivity index (χ1n) is 8.22. The van der Waals surface area contributed by atoms with E-state index in [0.717, 1.165) is 42.8 Å². The van der Waals surface area contributed by atoms with Gasteiger partial charge in [-0.1, -0.05) is 23.7 Å². The molecule has 0 unspecified atom stereocenters. The number of thiazole rings is 1. The van der Waals surface area contributed by atoms with Gasteiger partial charge in [-0.15, -0.1) is 17.9 Å². The lowest BCUT2D eigenvalue weighted by molar-refractivity contribution is 0.0953. The maximum Gasteiger partial charge on any atom is 0.271 e. The third-order valence-electron chi connectivity index (χ3n) is 4.10. The summed E-state index contributed by atoms with van der Waals surface area (Å²) in [5.41, 5.74) is 1.65. The number of nitrogens with zero attached hydrogens (tertiary/aromatic N) is 3. The average molecular weight is 377 g/mol. The van der Waals surface area contributed by atoms with Gasteiger partial charge in [-0.3, -0.25) is 9.69 Å². The maximum atomic E-state index is 11.9. The van der Waals surface area contributed by atoms with Gasteiger partial charge in [0.1, 0.15) is 10.7 Å². The molecule has 1 aromatic carbocycles. The summed E-state index contributed by atoms with van der Waals surface area (Å²) in [6.07, 6.45) is 1.66. The van der Waals surface area contributed by atoms with Crippen molar-refractivity contribution in [3.05, 3.63) is 58.0 Å². The maximum absolute atomic E-state index is 11.9. The molecule has 132 valence electrons. The lowest BCUT2D eigenvalue weighted by Gasteiger charge is -2.35. The number of carbonyl (C=O) groups is 1. The van der Waals surface area contributed by atoms with Crippen molar-refractivity contribution < 1.29 is 4.79 Å². The number of aromatic nitrogens is 1. The highest BCUT2D eigenvalue weighted by atomic mass is 35.5. The summed E-state index contributed by atoms with van der Waals surface area (Å²) in [5.74, 6) is -0.145. The summed E-state index contributed by atoms with van der Waals surface area (Å²) >= 11 is 7.61. The van der Waals surface area contributed by atoms with Crippen LogP contribution in [0.25, 0.3) is 0 Å². The van der Waals surface area contributed by atoms with Gasteiger partial charge < -0.3 is 10.2 Å². The van der Waals surface area contributed by atoms with Crippen LogP contribution < -0.4 is 10.2 Å². The van der Waals surface area contributed by atoms with Crippen LogP contribution >= 0.6 is 22.9 Å². The molecule has 7 heteroatoms. The van der Waals surface area contributed by atoms with E-state index in [4.69, 9.17) is 11.6 Å². The van der Waals surface area contributed by atoms with Crippen LogP contribution in [-0.2, 0) is 6.54 Å². The van der Waals surface area contributed by atoms with Crippen molar-refractivity contribution in [3.63, 3.8) is 0 Å². The standard InChI is InChI=1S/C18H21ClN4OS/c1-2-6-20-18(24)16-13-25-17(21-16)12-22-7-9-23(10-8-22)15-5-3-4-14(19)11-15/h2-5,11,13H,1,6-10,12H2,(H,20,24). The summed E-state index contributed by atoms with van der Waals surface area (Å²) in [4.78, 5) is 21.0. The van der Waals surface area contributed by atoms with Gasteiger partial charge in [-0.2, -0.15) is 0 Å². The first-order valence-corrected chi connectivity index (χ1v) is 9.48. The summed E-state index contributed by atoms with van der Waals surface area (Å²) in [6, 6.07) is 7.98. The number of hydrogen-bond donors (Lipinski definition) is 1. The molecule has 1 aliphatic heterocycles. The third kappa shape index (κ3) is 4.81. The first kappa shape index (κ1) is 17.9. The number of rotatable bonds is 6. The Hall–Kier alpha value is -1.89. The van der Waals surface area contributed by atoms with E-state index in [0.29, 0.717) is 12.2 Å². The molecule has 1 amide bonds. The van der Waals surface area contributed by atoms with Crippen LogP contribution in [0.2, 0.25) is 5.02 Å². The fraction of sp³-hybridized carbons (Fsp3) is 0.333. The first-order chi connectivity index (χ1) is 12.2. The van der Waals surface area contributed by atoms with Gasteiger partial charge in [-0.05, 0) is 18.2 Å². The van der Waals surface area contributed by atoms with E-state index >= 15 is 0 Å². The second-order valence-corrected chi connectivity index (χ2v) is 7.25. The number of halogens is 1. The summed E-state index contributed by atoms with van der Waals surface area (Å²) < 4.78 is 0. The Balaban J connectivity index is 1.51. The van der Waals surface area contributed by atoms with E-state index in [1.165, 1.54) is 17.0 Å². The quantitative estimate of drug-likeness (QED) is 0.787. The van der Waals surface area contributed by atoms with Crippen LogP contribution in [0.4, 0.5) is 5.69 Å². The molecule has 0 radical (unpaired) electrons. The Morgan fingerprint density at radius 3 is 2.88 bits per heavy atom. The zero-order valence-corrected chi connectivity index (χ0v) is 15.5. The van der Waals surface area contributed by atoms with Crippen molar-refractivity contribution in [2.24, 2.45) is 0 Å². The molecule has 3 rings (SSSR count). The Bertz CT molecular complexity index is 740. The monoisotopic (exact) mass is 376 g/mol. The van der Waals surface area contributed by atoms with Gasteiger partial charge in [0.25, 0.3) is 5.91 Å². The fourth-order valence-electron chi connectivity index (χ4n) is 2.77. The number of anilines is 1. The van der Waals surface area contributed by atoms with Gasteiger partial charge in [-0.25, -0.2) is 4.98 Å². The number of nitrogens with one attached hydrogen (secondary N) is 1. The van der Waals surface area contributed by atoms with E-state index in [1.54, 1.807) is 6.08 Å². The zero-order valence-electron chi connectivity index (χ0n) is 13.9. The molecule has 2 aromatic rings. The largest absolute Gasteiger partial charge is 0.369 e. The molecule has 0 atom stereocenters. The van der Waals surface area contributed by atoms with Crippen molar-refractivity contribution in [1.29, 1.82) is 0 Å². The average Bonchev–Trinajstić information content (AvgIpc) is 3.09. The highest BCUT2D eigenvalue weighted by Gasteiger charge is 2.19. The zero-order chi connectivity index (χ0) is 17.6. The van der Waals surface area contributed by atoms with Gasteiger partial charge in [0.2, 0.25) is 0 Å². The smallest absolute Gasteiger partial charge is 0.271 e. The molecular formula is C18H21ClN4OS. The Morgan fingerprint density at radius 2 is 2.16 bits per heavy atom. The molecule has 2 heterocycles. The van der Waals surface area contributed by atoms with E-state index in [1.807, 2.05) is 23.6 Å². The Labute approximate surface area is 156 Å². The molecule has 1 aromatic heterocycles. The van der Waals surface area contributed by atoms with Crippen LogP contribution in [0.5, 0.6) is 0 Å². The van der Waals surface area contributed by atoms with Crippen LogP contribution in [0, 0.1) is 0 Å². The molecule has 0 saturated carbocycles. The van der Waals surface area contributed by atoms with Crippen LogP contribution in [-0.4, -0.2) is 48.5 Å². The van der Waals surface area contributed by atoms with E-state index in [-0.39, 0.29) is 5.91 Å². The number of amides is 1. The highest BCUT2D eigenvalue weighted by molar-refractivity contribution is 7.09.